The van der Waals surface area contributed by atoms with Gasteiger partial charge in [0.2, 0.25) is 0 Å². The minimum absolute atomic E-state index is 0.456. The first-order valence-electron chi connectivity index (χ1n) is 4.90. The molecule has 0 aliphatic heterocycles. The highest BCUT2D eigenvalue weighted by molar-refractivity contribution is 8.00. The molecule has 1 aromatic heterocycles. The maximum atomic E-state index is 4.19. The molecule has 0 spiro atoms. The van der Waals surface area contributed by atoms with E-state index in [1.54, 1.807) is 18.6 Å². The van der Waals surface area contributed by atoms with Crippen LogP contribution in [0.5, 0.6) is 0 Å². The summed E-state index contributed by atoms with van der Waals surface area (Å²) < 4.78 is 0.456. The molecule has 4 heteroatoms. The highest BCUT2D eigenvalue weighted by atomic mass is 32.2. The Hall–Kier alpha value is -0.770. The lowest BCUT2D eigenvalue weighted by atomic mass is 9.84. The van der Waals surface area contributed by atoms with Crippen molar-refractivity contribution < 1.29 is 0 Å². The number of hydrogen-bond acceptors (Lipinski definition) is 4. The summed E-state index contributed by atoms with van der Waals surface area (Å²) in [6, 6.07) is 0. The van der Waals surface area contributed by atoms with Crippen LogP contribution in [0.25, 0.3) is 0 Å². The SMILES string of the molecule is CSC1(CNc2cnccn2)CCC1. The summed E-state index contributed by atoms with van der Waals surface area (Å²) in [5, 5.41) is 3.34. The van der Waals surface area contributed by atoms with Crippen molar-refractivity contribution in [2.24, 2.45) is 0 Å². The van der Waals surface area contributed by atoms with Crippen molar-refractivity contribution in [1.29, 1.82) is 0 Å². The Kier molecular flexibility index (Phi) is 2.91. The summed E-state index contributed by atoms with van der Waals surface area (Å²) in [7, 11) is 0. The lowest BCUT2D eigenvalue weighted by Gasteiger charge is -2.40. The zero-order valence-corrected chi connectivity index (χ0v) is 9.18. The van der Waals surface area contributed by atoms with E-state index in [0.717, 1.165) is 12.4 Å². The Labute approximate surface area is 88.7 Å². The molecule has 1 N–H and O–H groups in total. The average Bonchev–Trinajstić information content (AvgIpc) is 2.19. The number of anilines is 1. The van der Waals surface area contributed by atoms with Crippen LogP contribution < -0.4 is 5.32 Å². The molecule has 76 valence electrons. The number of aromatic nitrogens is 2. The summed E-state index contributed by atoms with van der Waals surface area (Å²) in [5.74, 6) is 0.882. The van der Waals surface area contributed by atoms with Crippen LogP contribution in [0.2, 0.25) is 0 Å². The summed E-state index contributed by atoms with van der Waals surface area (Å²) in [6.07, 6.45) is 11.4. The van der Waals surface area contributed by atoms with Crippen molar-refractivity contribution in [3.05, 3.63) is 18.6 Å². The third-order valence-corrected chi connectivity index (χ3v) is 4.27. The second-order valence-corrected chi connectivity index (χ2v) is 4.96. The number of rotatable bonds is 4. The highest BCUT2D eigenvalue weighted by Crippen LogP contribution is 2.42. The van der Waals surface area contributed by atoms with Crippen molar-refractivity contribution in [2.45, 2.75) is 24.0 Å². The zero-order chi connectivity index (χ0) is 9.86. The third kappa shape index (κ3) is 2.00. The van der Waals surface area contributed by atoms with Gasteiger partial charge in [-0.05, 0) is 19.1 Å². The second-order valence-electron chi connectivity index (χ2n) is 3.68. The van der Waals surface area contributed by atoms with Crippen LogP contribution in [-0.2, 0) is 0 Å². The average molecular weight is 209 g/mol. The predicted molar refractivity (Wildman–Crippen MR) is 60.6 cm³/mol. The molecule has 1 fully saturated rings. The molecule has 0 unspecified atom stereocenters. The van der Waals surface area contributed by atoms with Gasteiger partial charge in [-0.15, -0.1) is 0 Å². The molecular weight excluding hydrogens is 194 g/mol. The molecule has 2 rings (SSSR count). The molecule has 0 amide bonds. The third-order valence-electron chi connectivity index (χ3n) is 2.85. The van der Waals surface area contributed by atoms with Gasteiger partial charge in [0.15, 0.2) is 0 Å². The van der Waals surface area contributed by atoms with Gasteiger partial charge in [-0.2, -0.15) is 11.8 Å². The van der Waals surface area contributed by atoms with Crippen LogP contribution in [0.1, 0.15) is 19.3 Å². The first-order chi connectivity index (χ1) is 6.85. The monoisotopic (exact) mass is 209 g/mol. The van der Waals surface area contributed by atoms with Gasteiger partial charge >= 0.3 is 0 Å². The minimum Gasteiger partial charge on any atom is -0.367 e. The van der Waals surface area contributed by atoms with E-state index in [-0.39, 0.29) is 0 Å². The quantitative estimate of drug-likeness (QED) is 0.824. The minimum atomic E-state index is 0.456. The molecule has 0 radical (unpaired) electrons. The molecule has 3 nitrogen and oxygen atoms in total. The fourth-order valence-electron chi connectivity index (χ4n) is 1.67. The van der Waals surface area contributed by atoms with E-state index in [2.05, 4.69) is 21.5 Å². The summed E-state index contributed by atoms with van der Waals surface area (Å²) >= 11 is 1.97. The van der Waals surface area contributed by atoms with Crippen molar-refractivity contribution in [2.75, 3.05) is 18.1 Å². The van der Waals surface area contributed by atoms with Gasteiger partial charge in [-0.3, -0.25) is 4.98 Å². The molecule has 1 heterocycles. The van der Waals surface area contributed by atoms with Crippen molar-refractivity contribution in [3.63, 3.8) is 0 Å². The smallest absolute Gasteiger partial charge is 0.144 e. The van der Waals surface area contributed by atoms with E-state index in [4.69, 9.17) is 0 Å². The van der Waals surface area contributed by atoms with E-state index in [1.165, 1.54) is 19.3 Å². The Balaban J connectivity index is 1.88. The van der Waals surface area contributed by atoms with Gasteiger partial charge in [0, 0.05) is 23.7 Å². The number of hydrogen-bond donors (Lipinski definition) is 1. The lowest BCUT2D eigenvalue weighted by molar-refractivity contribution is 0.379. The standard InChI is InChI=1S/C10H15N3S/c1-14-10(3-2-4-10)8-13-9-7-11-5-6-12-9/h5-7H,2-4,8H2,1H3,(H,12,13). The largest absolute Gasteiger partial charge is 0.367 e. The van der Waals surface area contributed by atoms with Crippen LogP contribution >= 0.6 is 11.8 Å². The molecule has 0 bridgehead atoms. The molecule has 0 saturated heterocycles. The molecule has 1 saturated carbocycles. The first-order valence-corrected chi connectivity index (χ1v) is 6.12. The van der Waals surface area contributed by atoms with Crippen LogP contribution in [0.15, 0.2) is 18.6 Å². The van der Waals surface area contributed by atoms with Gasteiger partial charge in [0.25, 0.3) is 0 Å². The Morgan fingerprint density at radius 3 is 2.86 bits per heavy atom. The molecule has 1 aromatic rings. The van der Waals surface area contributed by atoms with Crippen LogP contribution in [0.3, 0.4) is 0 Å². The number of nitrogens with zero attached hydrogens (tertiary/aromatic N) is 2. The summed E-state index contributed by atoms with van der Waals surface area (Å²) in [5.41, 5.74) is 0. The lowest BCUT2D eigenvalue weighted by Crippen LogP contribution is -2.40. The number of thioether (sulfide) groups is 1. The van der Waals surface area contributed by atoms with Crippen LogP contribution in [0.4, 0.5) is 5.82 Å². The topological polar surface area (TPSA) is 37.8 Å². The van der Waals surface area contributed by atoms with E-state index in [0.29, 0.717) is 4.75 Å². The van der Waals surface area contributed by atoms with Crippen molar-refractivity contribution in [3.8, 4) is 0 Å². The Morgan fingerprint density at radius 1 is 1.50 bits per heavy atom. The second kappa shape index (κ2) is 4.17. The van der Waals surface area contributed by atoms with Gasteiger partial charge in [-0.1, -0.05) is 6.42 Å². The van der Waals surface area contributed by atoms with Crippen LogP contribution in [-0.4, -0.2) is 27.5 Å². The van der Waals surface area contributed by atoms with E-state index < -0.39 is 0 Å². The first kappa shape index (κ1) is 9.77. The van der Waals surface area contributed by atoms with Gasteiger partial charge in [0.05, 0.1) is 6.20 Å². The highest BCUT2D eigenvalue weighted by Gasteiger charge is 2.35. The zero-order valence-electron chi connectivity index (χ0n) is 8.36. The molecule has 1 aliphatic carbocycles. The van der Waals surface area contributed by atoms with Gasteiger partial charge in [-0.25, -0.2) is 4.98 Å². The molecular formula is C10H15N3S. The summed E-state index contributed by atoms with van der Waals surface area (Å²) in [6.45, 7) is 1.01. The number of nitrogens with one attached hydrogen (secondary N) is 1. The maximum Gasteiger partial charge on any atom is 0.144 e. The molecule has 14 heavy (non-hydrogen) atoms. The predicted octanol–water partition coefficient (Wildman–Crippen LogP) is 2.17. The Morgan fingerprint density at radius 2 is 2.36 bits per heavy atom. The molecule has 0 atom stereocenters. The fraction of sp³-hybridized carbons (Fsp3) is 0.600. The molecule has 0 aromatic carbocycles. The van der Waals surface area contributed by atoms with Gasteiger partial charge < -0.3 is 5.32 Å². The van der Waals surface area contributed by atoms with Crippen molar-refractivity contribution in [1.82, 2.24) is 9.97 Å². The Bertz CT molecular complexity index is 279. The van der Waals surface area contributed by atoms with E-state index >= 15 is 0 Å². The van der Waals surface area contributed by atoms with Crippen molar-refractivity contribution >= 4 is 17.6 Å². The van der Waals surface area contributed by atoms with E-state index in [9.17, 15) is 0 Å². The summed E-state index contributed by atoms with van der Waals surface area (Å²) in [4.78, 5) is 8.21. The maximum absolute atomic E-state index is 4.19. The molecule has 1 aliphatic rings. The van der Waals surface area contributed by atoms with E-state index in [1.807, 2.05) is 11.8 Å². The fourth-order valence-corrected chi connectivity index (χ4v) is 2.58. The normalized spacial score (nSPS) is 18.6. The van der Waals surface area contributed by atoms with Gasteiger partial charge in [0.1, 0.15) is 5.82 Å². The van der Waals surface area contributed by atoms with Crippen LogP contribution in [0, 0.1) is 0 Å².